The molecule has 1 fully saturated rings. The Labute approximate surface area is 194 Å². The molecule has 1 atom stereocenters. The first kappa shape index (κ1) is 21.4. The van der Waals surface area contributed by atoms with Gasteiger partial charge in [-0.1, -0.05) is 36.4 Å². The van der Waals surface area contributed by atoms with E-state index in [2.05, 4.69) is 11.0 Å². The Morgan fingerprint density at radius 1 is 0.938 bits per heavy atom. The van der Waals surface area contributed by atoms with Gasteiger partial charge in [0.15, 0.2) is 0 Å². The molecule has 5 heteroatoms. The molecular formula is C27H29NO3S. The zero-order chi connectivity index (χ0) is 22.0. The summed E-state index contributed by atoms with van der Waals surface area (Å²) >= 11 is 1.75. The molecule has 0 saturated carbocycles. The minimum atomic E-state index is -1.24. The standard InChI is InChI=1S/C27H29NO3S/c1-30-23-12-13-24-20(18-23)19-32-26-7-3-2-6-25(26)27(24,29)21-8-10-22(11-9-21)31-17-16-28-14-4-5-15-28/h2-3,6-13,18,29H,4-5,14-17,19H2,1H3. The van der Waals surface area contributed by atoms with Crippen LogP contribution < -0.4 is 9.47 Å². The Kier molecular flexibility index (Phi) is 6.13. The van der Waals surface area contributed by atoms with Gasteiger partial charge in [0.1, 0.15) is 23.7 Å². The van der Waals surface area contributed by atoms with Gasteiger partial charge in [-0.15, -0.1) is 11.8 Å². The Balaban J connectivity index is 1.47. The van der Waals surface area contributed by atoms with Crippen molar-refractivity contribution in [2.24, 2.45) is 0 Å². The number of hydrogen-bond donors (Lipinski definition) is 1. The third-order valence-corrected chi connectivity index (χ3v) is 7.63. The summed E-state index contributed by atoms with van der Waals surface area (Å²) in [6.07, 6.45) is 2.58. The monoisotopic (exact) mass is 447 g/mol. The van der Waals surface area contributed by atoms with Gasteiger partial charge in [0.2, 0.25) is 0 Å². The molecule has 2 aliphatic rings. The van der Waals surface area contributed by atoms with Gasteiger partial charge >= 0.3 is 0 Å². The predicted octanol–water partition coefficient (Wildman–Crippen LogP) is 5.06. The maximum atomic E-state index is 12.3. The van der Waals surface area contributed by atoms with Crippen LogP contribution in [-0.2, 0) is 11.4 Å². The van der Waals surface area contributed by atoms with Gasteiger partial charge in [0, 0.05) is 22.8 Å². The van der Waals surface area contributed by atoms with Crippen LogP contribution >= 0.6 is 11.8 Å². The van der Waals surface area contributed by atoms with E-state index in [1.54, 1.807) is 18.9 Å². The number of benzene rings is 3. The molecule has 0 spiro atoms. The number of fused-ring (bicyclic) bond motifs is 2. The topological polar surface area (TPSA) is 41.9 Å². The average Bonchev–Trinajstić information content (AvgIpc) is 3.32. The second-order valence-electron chi connectivity index (χ2n) is 8.44. The highest BCUT2D eigenvalue weighted by atomic mass is 32.2. The Hall–Kier alpha value is -2.47. The molecule has 0 aliphatic carbocycles. The van der Waals surface area contributed by atoms with Crippen molar-refractivity contribution in [1.82, 2.24) is 4.90 Å². The molecular weight excluding hydrogens is 418 g/mol. The minimum absolute atomic E-state index is 0.686. The zero-order valence-corrected chi connectivity index (χ0v) is 19.2. The Morgan fingerprint density at radius 3 is 2.47 bits per heavy atom. The summed E-state index contributed by atoms with van der Waals surface area (Å²) in [5.74, 6) is 2.42. The summed E-state index contributed by atoms with van der Waals surface area (Å²) in [5.41, 5.74) is 2.50. The lowest BCUT2D eigenvalue weighted by Gasteiger charge is -2.31. The number of thioether (sulfide) groups is 1. The van der Waals surface area contributed by atoms with E-state index >= 15 is 0 Å². The average molecular weight is 448 g/mol. The van der Waals surface area contributed by atoms with Gasteiger partial charge in [-0.05, 0) is 73.0 Å². The summed E-state index contributed by atoms with van der Waals surface area (Å²) < 4.78 is 11.4. The van der Waals surface area contributed by atoms with E-state index in [1.165, 1.54) is 25.9 Å². The lowest BCUT2D eigenvalue weighted by Crippen LogP contribution is -2.30. The van der Waals surface area contributed by atoms with Gasteiger partial charge < -0.3 is 14.6 Å². The van der Waals surface area contributed by atoms with Crippen LogP contribution in [0.25, 0.3) is 0 Å². The summed E-state index contributed by atoms with van der Waals surface area (Å²) in [6, 6.07) is 22.0. The van der Waals surface area contributed by atoms with E-state index in [-0.39, 0.29) is 0 Å². The van der Waals surface area contributed by atoms with E-state index < -0.39 is 5.60 Å². The molecule has 3 aromatic carbocycles. The number of aliphatic hydroxyl groups is 1. The van der Waals surface area contributed by atoms with Crippen LogP contribution in [0.4, 0.5) is 0 Å². The molecule has 1 unspecified atom stereocenters. The van der Waals surface area contributed by atoms with Crippen molar-refractivity contribution in [2.75, 3.05) is 33.4 Å². The zero-order valence-electron chi connectivity index (χ0n) is 18.4. The highest BCUT2D eigenvalue weighted by Crippen LogP contribution is 2.47. The van der Waals surface area contributed by atoms with E-state index in [1.807, 2.05) is 60.7 Å². The van der Waals surface area contributed by atoms with Crippen LogP contribution in [-0.4, -0.2) is 43.4 Å². The van der Waals surface area contributed by atoms with Crippen molar-refractivity contribution in [3.8, 4) is 11.5 Å². The Morgan fingerprint density at radius 2 is 1.69 bits per heavy atom. The quantitative estimate of drug-likeness (QED) is 0.572. The first-order valence-corrected chi connectivity index (χ1v) is 12.2. The van der Waals surface area contributed by atoms with E-state index in [9.17, 15) is 5.11 Å². The largest absolute Gasteiger partial charge is 0.497 e. The molecule has 5 rings (SSSR count). The minimum Gasteiger partial charge on any atom is -0.497 e. The van der Waals surface area contributed by atoms with Gasteiger partial charge in [-0.3, -0.25) is 4.90 Å². The van der Waals surface area contributed by atoms with Crippen LogP contribution in [0.3, 0.4) is 0 Å². The molecule has 2 aliphatic heterocycles. The molecule has 0 aromatic heterocycles. The summed E-state index contributed by atoms with van der Waals surface area (Å²) in [5, 5.41) is 12.3. The van der Waals surface area contributed by atoms with Crippen molar-refractivity contribution in [3.05, 3.63) is 89.0 Å². The summed E-state index contributed by atoms with van der Waals surface area (Å²) in [4.78, 5) is 3.54. The number of nitrogens with zero attached hydrogens (tertiary/aromatic N) is 1. The van der Waals surface area contributed by atoms with Crippen LogP contribution in [0.2, 0.25) is 0 Å². The van der Waals surface area contributed by atoms with Gasteiger partial charge in [0.05, 0.1) is 7.11 Å². The van der Waals surface area contributed by atoms with E-state index in [0.717, 1.165) is 50.9 Å². The smallest absolute Gasteiger partial charge is 0.141 e. The van der Waals surface area contributed by atoms with Crippen LogP contribution in [0.5, 0.6) is 11.5 Å². The highest BCUT2D eigenvalue weighted by Gasteiger charge is 2.39. The molecule has 4 nitrogen and oxygen atoms in total. The fraction of sp³-hybridized carbons (Fsp3) is 0.333. The van der Waals surface area contributed by atoms with Crippen LogP contribution in [0.1, 0.15) is 35.1 Å². The third kappa shape index (κ3) is 4.01. The summed E-state index contributed by atoms with van der Waals surface area (Å²) in [7, 11) is 1.68. The van der Waals surface area contributed by atoms with E-state index in [0.29, 0.717) is 6.61 Å². The second kappa shape index (κ2) is 9.18. The lowest BCUT2D eigenvalue weighted by molar-refractivity contribution is 0.122. The molecule has 3 aromatic rings. The first-order valence-electron chi connectivity index (χ1n) is 11.3. The maximum absolute atomic E-state index is 12.3. The molecule has 32 heavy (non-hydrogen) atoms. The third-order valence-electron chi connectivity index (χ3n) is 6.51. The Bertz CT molecular complexity index is 1080. The number of methoxy groups -OCH3 is 1. The van der Waals surface area contributed by atoms with Crippen LogP contribution in [0.15, 0.2) is 71.6 Å². The van der Waals surface area contributed by atoms with Gasteiger partial charge in [-0.2, -0.15) is 0 Å². The molecule has 2 heterocycles. The van der Waals surface area contributed by atoms with Crippen molar-refractivity contribution < 1.29 is 14.6 Å². The second-order valence-corrected chi connectivity index (χ2v) is 9.46. The highest BCUT2D eigenvalue weighted by molar-refractivity contribution is 7.98. The molecule has 1 N–H and O–H groups in total. The normalized spacial score (nSPS) is 20.3. The molecule has 0 amide bonds. The predicted molar refractivity (Wildman–Crippen MR) is 129 cm³/mol. The molecule has 1 saturated heterocycles. The molecule has 0 bridgehead atoms. The number of rotatable bonds is 6. The molecule has 0 radical (unpaired) electrons. The van der Waals surface area contributed by atoms with Gasteiger partial charge in [-0.25, -0.2) is 0 Å². The van der Waals surface area contributed by atoms with Crippen molar-refractivity contribution in [1.29, 1.82) is 0 Å². The SMILES string of the molecule is COc1ccc2c(c1)CSc1ccccc1C2(O)c1ccc(OCCN2CCCC2)cc1. The number of hydrogen-bond acceptors (Lipinski definition) is 5. The first-order chi connectivity index (χ1) is 15.7. The maximum Gasteiger partial charge on any atom is 0.141 e. The fourth-order valence-electron chi connectivity index (χ4n) is 4.76. The van der Waals surface area contributed by atoms with Crippen molar-refractivity contribution in [2.45, 2.75) is 29.1 Å². The number of ether oxygens (including phenoxy) is 2. The van der Waals surface area contributed by atoms with E-state index in [4.69, 9.17) is 9.47 Å². The van der Waals surface area contributed by atoms with Gasteiger partial charge in [0.25, 0.3) is 0 Å². The lowest BCUT2D eigenvalue weighted by atomic mass is 9.78. The molecule has 166 valence electrons. The van der Waals surface area contributed by atoms with Crippen molar-refractivity contribution >= 4 is 11.8 Å². The number of likely N-dealkylation sites (tertiary alicyclic amines) is 1. The van der Waals surface area contributed by atoms with Crippen molar-refractivity contribution in [3.63, 3.8) is 0 Å². The summed E-state index contributed by atoms with van der Waals surface area (Å²) in [6.45, 7) is 4.01. The fourth-order valence-corrected chi connectivity index (χ4v) is 5.86. The van der Waals surface area contributed by atoms with Crippen LogP contribution in [0, 0.1) is 0 Å².